The first-order valence-electron chi connectivity index (χ1n) is 15.4. The molecule has 5 aromatic rings. The number of methoxy groups -OCH3 is 3. The minimum atomic E-state index is -0.880. The molecule has 2 atom stereocenters. The van der Waals surface area contributed by atoms with E-state index in [1.165, 1.54) is 19.2 Å². The predicted molar refractivity (Wildman–Crippen MR) is 174 cm³/mol. The molecule has 13 heteroatoms. The van der Waals surface area contributed by atoms with Crippen molar-refractivity contribution in [1.82, 2.24) is 29.4 Å². The van der Waals surface area contributed by atoms with E-state index in [0.717, 1.165) is 29.8 Å². The van der Waals surface area contributed by atoms with Crippen molar-refractivity contribution >= 4 is 28.2 Å². The molecule has 12 nitrogen and oxygen atoms in total. The van der Waals surface area contributed by atoms with E-state index in [9.17, 15) is 9.50 Å². The molecule has 1 fully saturated rings. The zero-order chi connectivity index (χ0) is 32.7. The van der Waals surface area contributed by atoms with Crippen LogP contribution in [0.15, 0.2) is 36.5 Å². The van der Waals surface area contributed by atoms with Crippen LogP contribution in [0.4, 0.5) is 16.0 Å². The first-order valence-corrected chi connectivity index (χ1v) is 15.4. The SMILES string of the molecule is COc1ccc(CNc2nc3c(OC)cc(F)cc3c3nc(C4CCC(C)N(c5cn(CC(C)(C)O)nc5C)C4)nn23)c(OC)c1. The van der Waals surface area contributed by atoms with Gasteiger partial charge in [0.25, 0.3) is 0 Å². The van der Waals surface area contributed by atoms with Gasteiger partial charge in [-0.1, -0.05) is 0 Å². The number of hydrogen-bond acceptors (Lipinski definition) is 10. The number of nitrogens with one attached hydrogen (secondary N) is 1. The molecule has 0 aliphatic carbocycles. The molecule has 2 aromatic carbocycles. The van der Waals surface area contributed by atoms with Crippen molar-refractivity contribution in [1.29, 1.82) is 0 Å². The van der Waals surface area contributed by atoms with Gasteiger partial charge in [0, 0.05) is 48.9 Å². The van der Waals surface area contributed by atoms with E-state index in [4.69, 9.17) is 29.3 Å². The Balaban J connectivity index is 1.38. The van der Waals surface area contributed by atoms with Crippen LogP contribution in [0.25, 0.3) is 16.6 Å². The predicted octanol–water partition coefficient (Wildman–Crippen LogP) is 5.10. The fourth-order valence-corrected chi connectivity index (χ4v) is 6.20. The molecule has 1 aliphatic heterocycles. The third-order valence-electron chi connectivity index (χ3n) is 8.50. The maximum absolute atomic E-state index is 14.8. The first kappa shape index (κ1) is 31.3. The van der Waals surface area contributed by atoms with Crippen LogP contribution in [0.5, 0.6) is 17.2 Å². The first-order chi connectivity index (χ1) is 22.0. The maximum Gasteiger partial charge on any atom is 0.226 e. The molecule has 3 aromatic heterocycles. The fraction of sp³-hybridized carbons (Fsp3) is 0.455. The third-order valence-corrected chi connectivity index (χ3v) is 8.50. The van der Waals surface area contributed by atoms with E-state index in [1.54, 1.807) is 37.3 Å². The Morgan fingerprint density at radius 1 is 1.02 bits per heavy atom. The summed E-state index contributed by atoms with van der Waals surface area (Å²) in [5, 5.41) is 23.9. The van der Waals surface area contributed by atoms with Gasteiger partial charge >= 0.3 is 0 Å². The second-order valence-corrected chi connectivity index (χ2v) is 12.6. The number of rotatable bonds is 10. The lowest BCUT2D eigenvalue weighted by molar-refractivity contribution is 0.0577. The van der Waals surface area contributed by atoms with E-state index in [2.05, 4.69) is 22.2 Å². The number of anilines is 2. The molecule has 1 saturated heterocycles. The Labute approximate surface area is 267 Å². The molecule has 1 aliphatic rings. The van der Waals surface area contributed by atoms with Crippen molar-refractivity contribution < 1.29 is 23.7 Å². The van der Waals surface area contributed by atoms with Crippen molar-refractivity contribution in [3.05, 3.63) is 59.4 Å². The lowest BCUT2D eigenvalue weighted by Crippen LogP contribution is -2.41. The van der Waals surface area contributed by atoms with Crippen molar-refractivity contribution in [2.45, 2.75) is 71.2 Å². The highest BCUT2D eigenvalue weighted by atomic mass is 19.1. The Kier molecular flexibility index (Phi) is 8.36. The number of nitrogens with zero attached hydrogens (tertiary/aromatic N) is 7. The van der Waals surface area contributed by atoms with Gasteiger partial charge < -0.3 is 29.5 Å². The molecule has 0 saturated carbocycles. The summed E-state index contributed by atoms with van der Waals surface area (Å²) in [6.45, 7) is 9.20. The smallest absolute Gasteiger partial charge is 0.226 e. The van der Waals surface area contributed by atoms with Gasteiger partial charge in [-0.2, -0.15) is 9.61 Å². The van der Waals surface area contributed by atoms with Crippen LogP contribution in [-0.4, -0.2) is 74.0 Å². The topological polar surface area (TPSA) is 124 Å². The van der Waals surface area contributed by atoms with Gasteiger partial charge in [0.2, 0.25) is 5.95 Å². The number of aromatic nitrogens is 6. The van der Waals surface area contributed by atoms with Crippen LogP contribution in [0, 0.1) is 12.7 Å². The Morgan fingerprint density at radius 2 is 1.80 bits per heavy atom. The molecule has 0 bridgehead atoms. The summed E-state index contributed by atoms with van der Waals surface area (Å²) in [6, 6.07) is 8.64. The zero-order valence-corrected chi connectivity index (χ0v) is 27.3. The Bertz CT molecular complexity index is 1880. The summed E-state index contributed by atoms with van der Waals surface area (Å²) >= 11 is 0. The molecule has 0 amide bonds. The highest BCUT2D eigenvalue weighted by Crippen LogP contribution is 2.36. The van der Waals surface area contributed by atoms with Gasteiger partial charge in [-0.25, -0.2) is 14.4 Å². The second kappa shape index (κ2) is 12.3. The lowest BCUT2D eigenvalue weighted by Gasteiger charge is -2.38. The van der Waals surface area contributed by atoms with Gasteiger partial charge in [-0.15, -0.1) is 5.10 Å². The van der Waals surface area contributed by atoms with Crippen molar-refractivity contribution in [2.24, 2.45) is 0 Å². The van der Waals surface area contributed by atoms with Crippen molar-refractivity contribution in [3.8, 4) is 17.2 Å². The number of halogens is 1. The third kappa shape index (κ3) is 6.11. The zero-order valence-electron chi connectivity index (χ0n) is 27.3. The normalized spacial score (nSPS) is 17.1. The maximum atomic E-state index is 14.8. The molecular formula is C33H41FN8O4. The van der Waals surface area contributed by atoms with Gasteiger partial charge in [-0.05, 0) is 58.7 Å². The van der Waals surface area contributed by atoms with Crippen molar-refractivity contribution in [2.75, 3.05) is 38.1 Å². The standard InChI is InChI=1S/C33H41FN8O4/c1-19-8-9-22(16-41(19)26-17-40(38-20(26)2)18-33(3,4)43)30-37-31-25-12-23(34)13-28(46-7)29(25)36-32(42(31)39-30)35-15-21-10-11-24(44-5)14-27(21)45-6/h10-14,17,19,22,43H,8-9,15-16,18H2,1-7H3,(H,35,36). The van der Waals surface area contributed by atoms with Crippen LogP contribution in [0.3, 0.4) is 0 Å². The molecule has 6 rings (SSSR count). The van der Waals surface area contributed by atoms with Crippen LogP contribution in [0.2, 0.25) is 0 Å². The number of aliphatic hydroxyl groups is 1. The summed E-state index contributed by atoms with van der Waals surface area (Å²) in [5.41, 5.74) is 2.91. The van der Waals surface area contributed by atoms with Gasteiger partial charge in [0.05, 0.1) is 50.2 Å². The van der Waals surface area contributed by atoms with E-state index < -0.39 is 11.4 Å². The number of hydrogen-bond donors (Lipinski definition) is 2. The highest BCUT2D eigenvalue weighted by molar-refractivity contribution is 5.96. The highest BCUT2D eigenvalue weighted by Gasteiger charge is 2.32. The quantitative estimate of drug-likeness (QED) is 0.215. The van der Waals surface area contributed by atoms with Crippen LogP contribution < -0.4 is 24.4 Å². The summed E-state index contributed by atoms with van der Waals surface area (Å²) in [5.74, 6) is 2.32. The number of aryl methyl sites for hydroxylation is 1. The molecular weight excluding hydrogens is 591 g/mol. The Morgan fingerprint density at radius 3 is 2.52 bits per heavy atom. The number of ether oxygens (including phenoxy) is 3. The second-order valence-electron chi connectivity index (χ2n) is 12.6. The average molecular weight is 633 g/mol. The Hall–Kier alpha value is -4.65. The summed E-state index contributed by atoms with van der Waals surface area (Å²) in [4.78, 5) is 12.2. The van der Waals surface area contributed by atoms with E-state index in [0.29, 0.717) is 65.2 Å². The van der Waals surface area contributed by atoms with E-state index in [1.807, 2.05) is 31.3 Å². The van der Waals surface area contributed by atoms with E-state index >= 15 is 0 Å². The summed E-state index contributed by atoms with van der Waals surface area (Å²) < 4.78 is 34.7. The lowest BCUT2D eigenvalue weighted by atomic mass is 9.92. The number of benzene rings is 2. The monoisotopic (exact) mass is 632 g/mol. The minimum Gasteiger partial charge on any atom is -0.497 e. The molecule has 2 N–H and O–H groups in total. The molecule has 4 heterocycles. The molecule has 244 valence electrons. The van der Waals surface area contributed by atoms with Crippen LogP contribution in [0.1, 0.15) is 56.6 Å². The fourth-order valence-electron chi connectivity index (χ4n) is 6.20. The minimum absolute atomic E-state index is 0.00756. The van der Waals surface area contributed by atoms with E-state index in [-0.39, 0.29) is 12.0 Å². The molecule has 46 heavy (non-hydrogen) atoms. The average Bonchev–Trinajstić information content (AvgIpc) is 3.62. The number of fused-ring (bicyclic) bond motifs is 3. The molecule has 2 unspecified atom stereocenters. The molecule has 0 radical (unpaired) electrons. The summed E-state index contributed by atoms with van der Waals surface area (Å²) in [7, 11) is 4.72. The van der Waals surface area contributed by atoms with Gasteiger partial charge in [0.15, 0.2) is 11.5 Å². The molecule has 0 spiro atoms. The summed E-state index contributed by atoms with van der Waals surface area (Å²) in [6.07, 6.45) is 3.83. The number of piperidine rings is 1. The largest absolute Gasteiger partial charge is 0.497 e. The van der Waals surface area contributed by atoms with Crippen molar-refractivity contribution in [3.63, 3.8) is 0 Å². The van der Waals surface area contributed by atoms with Gasteiger partial charge in [0.1, 0.15) is 28.6 Å². The van der Waals surface area contributed by atoms with Crippen LogP contribution >= 0.6 is 0 Å². The van der Waals surface area contributed by atoms with Gasteiger partial charge in [-0.3, -0.25) is 4.68 Å². The van der Waals surface area contributed by atoms with Crippen LogP contribution in [-0.2, 0) is 13.1 Å².